The molecule has 0 saturated carbocycles. The Bertz CT molecular complexity index is 30.0. The number of rotatable bonds is 2. The fourth-order valence-corrected chi connectivity index (χ4v) is 0.510. The number of alkyl halides is 1. The van der Waals surface area contributed by atoms with Crippen molar-refractivity contribution in [1.29, 1.82) is 0 Å². The molecule has 0 radical (unpaired) electrons. The smallest absolute Gasteiger partial charge is 0.0699 e. The summed E-state index contributed by atoms with van der Waals surface area (Å²) in [7, 11) is 1.86. The fourth-order valence-electron chi connectivity index (χ4n) is 0.199. The van der Waals surface area contributed by atoms with Crippen LogP contribution < -0.4 is 10.9 Å². The highest BCUT2D eigenvalue weighted by Crippen LogP contribution is 1.87. The Labute approximate surface area is 51.8 Å². The Balaban J connectivity index is 2.63. The van der Waals surface area contributed by atoms with Crippen LogP contribution in [0.4, 0.5) is 0 Å². The molecule has 38 valence electrons. The van der Waals surface area contributed by atoms with E-state index < -0.39 is 0 Å². The second-order valence-electron chi connectivity index (χ2n) is 1.01. The standard InChI is InChI=1S/C3H9IN2/c1-3(4)6-5-2/h3,5-6H,1-2H3. The zero-order valence-electron chi connectivity index (χ0n) is 3.96. The lowest BCUT2D eigenvalue weighted by Gasteiger charge is -2.00. The molecule has 0 aromatic carbocycles. The van der Waals surface area contributed by atoms with E-state index >= 15 is 0 Å². The molecule has 0 heterocycles. The van der Waals surface area contributed by atoms with Crippen molar-refractivity contribution in [2.75, 3.05) is 7.05 Å². The second kappa shape index (κ2) is 3.83. The van der Waals surface area contributed by atoms with E-state index in [1.165, 1.54) is 0 Å². The van der Waals surface area contributed by atoms with E-state index in [4.69, 9.17) is 0 Å². The Morgan fingerprint density at radius 1 is 1.67 bits per heavy atom. The zero-order valence-corrected chi connectivity index (χ0v) is 6.11. The van der Waals surface area contributed by atoms with Gasteiger partial charge in [0.2, 0.25) is 0 Å². The van der Waals surface area contributed by atoms with Crippen molar-refractivity contribution in [3.8, 4) is 0 Å². The van der Waals surface area contributed by atoms with Crippen LogP contribution in [0.5, 0.6) is 0 Å². The second-order valence-corrected chi connectivity index (χ2v) is 2.88. The van der Waals surface area contributed by atoms with Crippen LogP contribution in [-0.2, 0) is 0 Å². The first-order valence-electron chi connectivity index (χ1n) is 1.83. The van der Waals surface area contributed by atoms with Gasteiger partial charge in [0.1, 0.15) is 0 Å². The maximum atomic E-state index is 2.94. The maximum absolute atomic E-state index is 2.94. The van der Waals surface area contributed by atoms with Gasteiger partial charge in [-0.05, 0) is 14.0 Å². The van der Waals surface area contributed by atoms with E-state index in [-0.39, 0.29) is 0 Å². The highest BCUT2D eigenvalue weighted by molar-refractivity contribution is 14.1. The third-order valence-corrected chi connectivity index (χ3v) is 0.655. The van der Waals surface area contributed by atoms with Gasteiger partial charge in [-0.2, -0.15) is 0 Å². The number of halogens is 1. The molecule has 1 unspecified atom stereocenters. The third kappa shape index (κ3) is 4.65. The lowest BCUT2D eigenvalue weighted by atomic mass is 10.8. The summed E-state index contributed by atoms with van der Waals surface area (Å²) in [5, 5.41) is 0. The summed E-state index contributed by atoms with van der Waals surface area (Å²) in [5.74, 6) is 0. The van der Waals surface area contributed by atoms with E-state index in [0.29, 0.717) is 4.05 Å². The number of hydrazine groups is 1. The highest BCUT2D eigenvalue weighted by atomic mass is 127. The molecule has 0 amide bonds. The molecule has 1 atom stereocenters. The summed E-state index contributed by atoms with van der Waals surface area (Å²) in [6, 6.07) is 0. The van der Waals surface area contributed by atoms with Gasteiger partial charge in [-0.15, -0.1) is 0 Å². The van der Waals surface area contributed by atoms with Gasteiger partial charge in [0.05, 0.1) is 4.05 Å². The van der Waals surface area contributed by atoms with E-state index in [9.17, 15) is 0 Å². The molecule has 3 heteroatoms. The lowest BCUT2D eigenvalue weighted by Crippen LogP contribution is -2.31. The van der Waals surface area contributed by atoms with Crippen LogP contribution in [0.1, 0.15) is 6.92 Å². The predicted octanol–water partition coefficient (Wildman–Crippen LogP) is 0.491. The van der Waals surface area contributed by atoms with Gasteiger partial charge in [-0.1, -0.05) is 22.6 Å². The monoisotopic (exact) mass is 200 g/mol. The summed E-state index contributed by atoms with van der Waals surface area (Å²) >= 11 is 2.27. The Morgan fingerprint density at radius 3 is 2.17 bits per heavy atom. The molecular weight excluding hydrogens is 191 g/mol. The highest BCUT2D eigenvalue weighted by Gasteiger charge is 1.83. The van der Waals surface area contributed by atoms with Crippen LogP contribution in [0.3, 0.4) is 0 Å². The van der Waals surface area contributed by atoms with Gasteiger partial charge in [0, 0.05) is 0 Å². The normalized spacial score (nSPS) is 14.5. The summed E-state index contributed by atoms with van der Waals surface area (Å²) in [4.78, 5) is 0. The largest absolute Gasteiger partial charge is 0.260 e. The van der Waals surface area contributed by atoms with Gasteiger partial charge >= 0.3 is 0 Å². The molecular formula is C3H9IN2. The van der Waals surface area contributed by atoms with Crippen LogP contribution in [-0.4, -0.2) is 11.1 Å². The Hall–Kier alpha value is 0.650. The Kier molecular flexibility index (Phi) is 4.24. The molecule has 0 aliphatic rings. The van der Waals surface area contributed by atoms with Crippen molar-refractivity contribution in [2.24, 2.45) is 0 Å². The van der Waals surface area contributed by atoms with E-state index in [0.717, 1.165) is 0 Å². The summed E-state index contributed by atoms with van der Waals surface area (Å²) in [6.45, 7) is 2.07. The predicted molar refractivity (Wildman–Crippen MR) is 35.7 cm³/mol. The van der Waals surface area contributed by atoms with E-state index in [1.54, 1.807) is 0 Å². The number of hydrogen-bond acceptors (Lipinski definition) is 2. The summed E-state index contributed by atoms with van der Waals surface area (Å²) < 4.78 is 0.507. The summed E-state index contributed by atoms with van der Waals surface area (Å²) in [6.07, 6.45) is 0. The first-order chi connectivity index (χ1) is 2.77. The van der Waals surface area contributed by atoms with Crippen molar-refractivity contribution in [2.45, 2.75) is 11.0 Å². The molecule has 2 N–H and O–H groups in total. The molecule has 2 nitrogen and oxygen atoms in total. The maximum Gasteiger partial charge on any atom is 0.0699 e. The lowest BCUT2D eigenvalue weighted by molar-refractivity contribution is 0.608. The molecule has 0 aliphatic heterocycles. The van der Waals surface area contributed by atoms with Crippen LogP contribution in [0.15, 0.2) is 0 Å². The quantitative estimate of drug-likeness (QED) is 0.293. The molecule has 0 aliphatic carbocycles. The van der Waals surface area contributed by atoms with Crippen molar-refractivity contribution in [1.82, 2.24) is 10.9 Å². The number of nitrogens with one attached hydrogen (secondary N) is 2. The van der Waals surface area contributed by atoms with Gasteiger partial charge in [0.25, 0.3) is 0 Å². The molecule has 0 saturated heterocycles. The van der Waals surface area contributed by atoms with Gasteiger partial charge in [-0.3, -0.25) is 5.43 Å². The van der Waals surface area contributed by atoms with Crippen LogP contribution in [0.25, 0.3) is 0 Å². The van der Waals surface area contributed by atoms with Crippen LogP contribution in [0, 0.1) is 0 Å². The van der Waals surface area contributed by atoms with Crippen LogP contribution >= 0.6 is 22.6 Å². The summed E-state index contributed by atoms with van der Waals surface area (Å²) in [5.41, 5.74) is 5.75. The average Bonchev–Trinajstić information content (AvgIpc) is 1.35. The SMILES string of the molecule is CNNC(C)I. The van der Waals surface area contributed by atoms with Crippen LogP contribution in [0.2, 0.25) is 0 Å². The zero-order chi connectivity index (χ0) is 4.99. The van der Waals surface area contributed by atoms with Gasteiger partial charge < -0.3 is 0 Å². The minimum absolute atomic E-state index is 0.507. The van der Waals surface area contributed by atoms with Gasteiger partial charge in [0.15, 0.2) is 0 Å². The molecule has 6 heavy (non-hydrogen) atoms. The number of hydrogen-bond donors (Lipinski definition) is 2. The van der Waals surface area contributed by atoms with Crippen molar-refractivity contribution >= 4 is 22.6 Å². The third-order valence-electron chi connectivity index (χ3n) is 0.343. The van der Waals surface area contributed by atoms with Crippen molar-refractivity contribution in [3.63, 3.8) is 0 Å². The minimum Gasteiger partial charge on any atom is -0.260 e. The Morgan fingerprint density at radius 2 is 2.17 bits per heavy atom. The van der Waals surface area contributed by atoms with Crippen molar-refractivity contribution < 1.29 is 0 Å². The molecule has 0 fully saturated rings. The van der Waals surface area contributed by atoms with Crippen molar-refractivity contribution in [3.05, 3.63) is 0 Å². The van der Waals surface area contributed by atoms with Gasteiger partial charge in [-0.25, -0.2) is 5.43 Å². The fraction of sp³-hybridized carbons (Fsp3) is 1.00. The topological polar surface area (TPSA) is 24.1 Å². The van der Waals surface area contributed by atoms with E-state index in [2.05, 4.69) is 40.4 Å². The molecule has 0 aromatic rings. The molecule has 0 spiro atoms. The molecule has 0 aromatic heterocycles. The minimum atomic E-state index is 0.507. The first kappa shape index (κ1) is 6.65. The molecule has 0 bridgehead atoms. The molecule has 0 rings (SSSR count). The average molecular weight is 200 g/mol. The van der Waals surface area contributed by atoms with E-state index in [1.807, 2.05) is 7.05 Å². The first-order valence-corrected chi connectivity index (χ1v) is 3.08.